The lowest BCUT2D eigenvalue weighted by molar-refractivity contribution is 1.16. The van der Waals surface area contributed by atoms with E-state index in [0.717, 1.165) is 0 Å². The first-order chi connectivity index (χ1) is 24.4. The second-order valence-corrected chi connectivity index (χ2v) is 14.0. The van der Waals surface area contributed by atoms with Gasteiger partial charge in [0, 0.05) is 49.4 Å². The van der Waals surface area contributed by atoms with Crippen LogP contribution in [0.2, 0.25) is 0 Å². The Labute approximate surface area is 295 Å². The molecule has 0 amide bonds. The van der Waals surface area contributed by atoms with Gasteiger partial charge in [-0.3, -0.25) is 0 Å². The van der Waals surface area contributed by atoms with Crippen molar-refractivity contribution in [2.45, 2.75) is 0 Å². The molecular weight excluding hydrogens is 601 g/mol. The summed E-state index contributed by atoms with van der Waals surface area (Å²) in [5, 5.41) is 7.59. The van der Waals surface area contributed by atoms with Gasteiger partial charge in [0.25, 0.3) is 0 Å². The molecule has 0 fully saturated rings. The predicted octanol–water partition coefficient (Wildman–Crippen LogP) is 2.27. The number of hydrogen-bond donors (Lipinski definition) is 0. The second-order valence-electron chi connectivity index (χ2n) is 14.0. The third-order valence-electron chi connectivity index (χ3n) is 11.6. The third-order valence-corrected chi connectivity index (χ3v) is 11.6. The van der Waals surface area contributed by atoms with Crippen LogP contribution in [0.3, 0.4) is 0 Å². The molecule has 3 nitrogen and oxygen atoms in total. The van der Waals surface area contributed by atoms with Crippen molar-refractivity contribution in [3.05, 3.63) is 133 Å². The molecule has 3 aromatic heterocycles. The van der Waals surface area contributed by atoms with E-state index in [0.29, 0.717) is 0 Å². The van der Waals surface area contributed by atoms with Crippen molar-refractivity contribution in [2.24, 2.45) is 0 Å². The molecule has 10 rings (SSSR count). The number of para-hydroxylation sites is 4. The van der Waals surface area contributed by atoms with Crippen LogP contribution in [0, 0.1) is 0 Å². The summed E-state index contributed by atoms with van der Waals surface area (Å²) in [4.78, 5) is 0. The summed E-state index contributed by atoms with van der Waals surface area (Å²) >= 11 is 0. The van der Waals surface area contributed by atoms with E-state index in [1.807, 2.05) is 0 Å². The zero-order chi connectivity index (χ0) is 33.8. The standard InChI is InChI=1S/C42H32B5N3/c43-37-38(44)40(46)42(41(47)39(37)45)50-34-16-8-4-12-28(34)30-22-24(18-20-36(30)50)49-33-15-7-3-11-27(33)29-21-23(17-19-35(29)49)48-31-13-5-1-9-25(31)26-10-2-6-14-32(26)48/h1-22H,43-47H2. The minimum atomic E-state index is 1.17. The second kappa shape index (κ2) is 10.6. The number of hydrogen-bond acceptors (Lipinski definition) is 0. The van der Waals surface area contributed by atoms with Crippen molar-refractivity contribution < 1.29 is 0 Å². The van der Waals surface area contributed by atoms with Gasteiger partial charge in [0.2, 0.25) is 0 Å². The molecule has 7 aromatic carbocycles. The van der Waals surface area contributed by atoms with E-state index < -0.39 is 0 Å². The van der Waals surface area contributed by atoms with Crippen LogP contribution in [0.15, 0.2) is 133 Å². The van der Waals surface area contributed by atoms with Crippen LogP contribution in [0.1, 0.15) is 0 Å². The van der Waals surface area contributed by atoms with Crippen LogP contribution in [-0.4, -0.2) is 52.9 Å². The lowest BCUT2D eigenvalue weighted by Crippen LogP contribution is -2.56. The Kier molecular flexibility index (Phi) is 6.21. The normalized spacial score (nSPS) is 12.0. The minimum Gasteiger partial charge on any atom is -0.310 e. The van der Waals surface area contributed by atoms with Crippen molar-refractivity contribution in [3.8, 4) is 17.1 Å². The summed E-state index contributed by atoms with van der Waals surface area (Å²) in [5.74, 6) is 0. The van der Waals surface area contributed by atoms with E-state index in [1.54, 1.807) is 0 Å². The maximum absolute atomic E-state index is 2.50. The van der Waals surface area contributed by atoms with Gasteiger partial charge in [-0.25, -0.2) is 0 Å². The summed E-state index contributed by atoms with van der Waals surface area (Å²) in [6.07, 6.45) is 0. The molecule has 10 aromatic rings. The number of benzene rings is 7. The Morgan fingerprint density at radius 2 is 0.580 bits per heavy atom. The van der Waals surface area contributed by atoms with Crippen LogP contribution in [-0.2, 0) is 0 Å². The van der Waals surface area contributed by atoms with E-state index in [4.69, 9.17) is 0 Å². The molecule has 0 N–H and O–H groups in total. The van der Waals surface area contributed by atoms with Gasteiger partial charge >= 0.3 is 0 Å². The van der Waals surface area contributed by atoms with E-state index >= 15 is 0 Å². The summed E-state index contributed by atoms with van der Waals surface area (Å²) < 4.78 is 7.36. The Morgan fingerprint density at radius 1 is 0.280 bits per heavy atom. The van der Waals surface area contributed by atoms with Crippen LogP contribution in [0.4, 0.5) is 0 Å². The van der Waals surface area contributed by atoms with Gasteiger partial charge < -0.3 is 13.7 Å². The molecule has 0 radical (unpaired) electrons. The molecule has 0 saturated heterocycles. The maximum Gasteiger partial charge on any atom is 0.141 e. The average Bonchev–Trinajstić information content (AvgIpc) is 3.79. The summed E-state index contributed by atoms with van der Waals surface area (Å²) in [6, 6.07) is 49.2. The van der Waals surface area contributed by atoms with E-state index in [2.05, 4.69) is 186 Å². The third kappa shape index (κ3) is 3.88. The highest BCUT2D eigenvalue weighted by atomic mass is 15.0. The first kappa shape index (κ1) is 29.2. The van der Waals surface area contributed by atoms with Gasteiger partial charge in [-0.2, -0.15) is 0 Å². The lowest BCUT2D eigenvalue weighted by atomic mass is 9.61. The number of nitrogens with zero attached hydrogens (tertiary/aromatic N) is 3. The monoisotopic (exact) mass is 633 g/mol. The largest absolute Gasteiger partial charge is 0.310 e. The molecule has 0 bridgehead atoms. The number of aromatic nitrogens is 3. The first-order valence-electron chi connectivity index (χ1n) is 17.5. The van der Waals surface area contributed by atoms with E-state index in [9.17, 15) is 0 Å². The quantitative estimate of drug-likeness (QED) is 0.266. The van der Waals surface area contributed by atoms with Crippen molar-refractivity contribution in [1.82, 2.24) is 13.7 Å². The van der Waals surface area contributed by atoms with Gasteiger partial charge in [-0.05, 0) is 60.7 Å². The maximum atomic E-state index is 2.50. The Morgan fingerprint density at radius 3 is 1.00 bits per heavy atom. The fourth-order valence-corrected chi connectivity index (χ4v) is 8.74. The fourth-order valence-electron chi connectivity index (χ4n) is 8.74. The summed E-state index contributed by atoms with van der Waals surface area (Å²) in [5.41, 5.74) is 17.8. The molecule has 0 aliphatic carbocycles. The van der Waals surface area contributed by atoms with Gasteiger partial charge in [-0.15, -0.1) is 5.46 Å². The fraction of sp³-hybridized carbons (Fsp3) is 0. The van der Waals surface area contributed by atoms with Gasteiger partial charge in [0.05, 0.1) is 33.1 Å². The van der Waals surface area contributed by atoms with Crippen molar-refractivity contribution >= 4 is 132 Å². The molecule has 8 heteroatoms. The van der Waals surface area contributed by atoms with Crippen molar-refractivity contribution in [2.75, 3.05) is 0 Å². The topological polar surface area (TPSA) is 14.8 Å². The Hall–Kier alpha value is -5.74. The molecule has 0 aliphatic heterocycles. The molecule has 3 heterocycles. The van der Waals surface area contributed by atoms with E-state index in [1.165, 1.54) is 110 Å². The van der Waals surface area contributed by atoms with Crippen LogP contribution in [0.25, 0.3) is 82.5 Å². The zero-order valence-corrected chi connectivity index (χ0v) is 29.0. The SMILES string of the molecule is Bc1c(B)c(B)c(-n2c3ccccc3c3cc(-n4c5ccccc5c5cc(-n6c7ccccc7c7ccccc76)ccc54)ccc32)c(B)c1B. The van der Waals surface area contributed by atoms with Crippen LogP contribution in [0.5, 0.6) is 0 Å². The first-order valence-corrected chi connectivity index (χ1v) is 17.5. The van der Waals surface area contributed by atoms with Crippen LogP contribution < -0.4 is 27.3 Å². The smallest absolute Gasteiger partial charge is 0.141 e. The van der Waals surface area contributed by atoms with Crippen molar-refractivity contribution in [3.63, 3.8) is 0 Å². The number of rotatable bonds is 3. The molecule has 0 atom stereocenters. The van der Waals surface area contributed by atoms with Gasteiger partial charge in [0.15, 0.2) is 0 Å². The minimum absolute atomic E-state index is 1.17. The molecule has 0 spiro atoms. The molecule has 50 heavy (non-hydrogen) atoms. The van der Waals surface area contributed by atoms with Crippen LogP contribution >= 0.6 is 0 Å². The molecular formula is C42H32B5N3. The Bertz CT molecular complexity index is 2970. The highest BCUT2D eigenvalue weighted by Crippen LogP contribution is 2.38. The lowest BCUT2D eigenvalue weighted by Gasteiger charge is -2.22. The van der Waals surface area contributed by atoms with Gasteiger partial charge in [0.1, 0.15) is 39.2 Å². The zero-order valence-electron chi connectivity index (χ0n) is 29.0. The van der Waals surface area contributed by atoms with E-state index in [-0.39, 0.29) is 0 Å². The highest BCUT2D eigenvalue weighted by Gasteiger charge is 2.21. The van der Waals surface area contributed by atoms with Gasteiger partial charge in [-0.1, -0.05) is 94.6 Å². The average molecular weight is 633 g/mol. The summed E-state index contributed by atoms with van der Waals surface area (Å²) in [6.45, 7) is 0. The van der Waals surface area contributed by atoms with Crippen molar-refractivity contribution in [1.29, 1.82) is 0 Å². The molecule has 0 aliphatic rings. The molecule has 230 valence electrons. The summed E-state index contributed by atoms with van der Waals surface area (Å²) in [7, 11) is 11.4. The Balaban J connectivity index is 1.23. The predicted molar refractivity (Wildman–Crippen MR) is 230 cm³/mol. The highest BCUT2D eigenvalue weighted by molar-refractivity contribution is 6.68. The number of fused-ring (bicyclic) bond motifs is 9. The molecule has 0 unspecified atom stereocenters. The molecule has 0 saturated carbocycles.